The van der Waals surface area contributed by atoms with Gasteiger partial charge in [0.2, 0.25) is 0 Å². The number of nitrogens with one attached hydrogen (secondary N) is 1. The summed E-state index contributed by atoms with van der Waals surface area (Å²) in [5, 5.41) is 14.2. The highest BCUT2D eigenvalue weighted by atomic mass is 16.5. The second-order valence-corrected chi connectivity index (χ2v) is 6.65. The number of hydrazone groups is 1. The van der Waals surface area contributed by atoms with E-state index in [0.717, 1.165) is 18.8 Å². The van der Waals surface area contributed by atoms with Gasteiger partial charge in [0, 0.05) is 36.0 Å². The lowest BCUT2D eigenvalue weighted by molar-refractivity contribution is 0.0954. The maximum Gasteiger partial charge on any atom is 0.271 e. The lowest BCUT2D eigenvalue weighted by atomic mass is 10.2. The average Bonchev–Trinajstić information content (AvgIpc) is 2.70. The van der Waals surface area contributed by atoms with Crippen molar-refractivity contribution in [3.05, 3.63) is 47.5 Å². The molecule has 7 nitrogen and oxygen atoms in total. The molecule has 7 heteroatoms. The highest BCUT2D eigenvalue weighted by molar-refractivity contribution is 5.95. The number of hydrogen-bond acceptors (Lipinski definition) is 6. The maximum absolute atomic E-state index is 12.4. The zero-order chi connectivity index (χ0) is 21.4. The van der Waals surface area contributed by atoms with E-state index in [9.17, 15) is 9.90 Å². The summed E-state index contributed by atoms with van der Waals surface area (Å²) in [6, 6.07) is 10.3. The van der Waals surface area contributed by atoms with E-state index >= 15 is 0 Å². The van der Waals surface area contributed by atoms with Crippen molar-refractivity contribution in [2.75, 3.05) is 25.1 Å². The first kappa shape index (κ1) is 22.1. The number of hydrogen-bond donors (Lipinski definition) is 2. The van der Waals surface area contributed by atoms with Crippen molar-refractivity contribution in [1.29, 1.82) is 0 Å². The molecule has 2 N–H and O–H groups in total. The first-order chi connectivity index (χ1) is 13.9. The number of phenolic OH excluding ortho intramolecular Hbond substituents is 1. The van der Waals surface area contributed by atoms with Crippen LogP contribution in [0.15, 0.2) is 41.5 Å². The molecule has 0 saturated heterocycles. The molecule has 0 aliphatic carbocycles. The highest BCUT2D eigenvalue weighted by Gasteiger charge is 2.12. The third kappa shape index (κ3) is 5.88. The van der Waals surface area contributed by atoms with Gasteiger partial charge in [-0.3, -0.25) is 4.79 Å². The Morgan fingerprint density at radius 2 is 1.90 bits per heavy atom. The number of ether oxygens (including phenoxy) is 2. The fourth-order valence-corrected chi connectivity index (χ4v) is 2.81. The molecule has 0 aliphatic heterocycles. The second-order valence-electron chi connectivity index (χ2n) is 6.65. The monoisotopic (exact) mass is 399 g/mol. The van der Waals surface area contributed by atoms with Gasteiger partial charge in [-0.2, -0.15) is 5.10 Å². The topological polar surface area (TPSA) is 83.4 Å². The average molecular weight is 399 g/mol. The summed E-state index contributed by atoms with van der Waals surface area (Å²) >= 11 is 0. The molecular formula is C22H29N3O4. The van der Waals surface area contributed by atoms with Crippen molar-refractivity contribution in [2.45, 2.75) is 33.8 Å². The van der Waals surface area contributed by atoms with Gasteiger partial charge in [-0.1, -0.05) is 0 Å². The zero-order valence-corrected chi connectivity index (χ0v) is 17.6. The molecule has 0 saturated carbocycles. The van der Waals surface area contributed by atoms with Gasteiger partial charge in [-0.05, 0) is 58.0 Å². The molecule has 0 fully saturated rings. The van der Waals surface area contributed by atoms with Gasteiger partial charge < -0.3 is 19.5 Å². The lowest BCUT2D eigenvalue weighted by Gasteiger charge is -2.21. The molecule has 0 radical (unpaired) electrons. The van der Waals surface area contributed by atoms with Crippen molar-refractivity contribution in [3.63, 3.8) is 0 Å². The molecule has 0 bridgehead atoms. The Kier molecular flexibility index (Phi) is 7.88. The quantitative estimate of drug-likeness (QED) is 0.495. The number of anilines is 1. The summed E-state index contributed by atoms with van der Waals surface area (Å²) in [6.45, 7) is 9.65. The third-order valence-electron chi connectivity index (χ3n) is 4.30. The van der Waals surface area contributed by atoms with Crippen LogP contribution in [0.25, 0.3) is 0 Å². The van der Waals surface area contributed by atoms with Crippen LogP contribution in [0.4, 0.5) is 5.69 Å². The molecule has 29 heavy (non-hydrogen) atoms. The van der Waals surface area contributed by atoms with Crippen molar-refractivity contribution >= 4 is 17.8 Å². The van der Waals surface area contributed by atoms with Gasteiger partial charge in [-0.15, -0.1) is 0 Å². The minimum Gasteiger partial charge on any atom is -0.507 e. The van der Waals surface area contributed by atoms with E-state index in [-0.39, 0.29) is 11.9 Å². The number of amides is 1. The molecule has 2 aromatic carbocycles. The van der Waals surface area contributed by atoms with Crippen LogP contribution in [0.1, 0.15) is 43.6 Å². The summed E-state index contributed by atoms with van der Waals surface area (Å²) in [6.07, 6.45) is 1.40. The maximum atomic E-state index is 12.4. The Labute approximate surface area is 171 Å². The predicted molar refractivity (Wildman–Crippen MR) is 115 cm³/mol. The smallest absolute Gasteiger partial charge is 0.271 e. The number of methoxy groups -OCH3 is 1. The van der Waals surface area contributed by atoms with Crippen molar-refractivity contribution in [1.82, 2.24) is 5.43 Å². The highest BCUT2D eigenvalue weighted by Crippen LogP contribution is 2.29. The zero-order valence-electron chi connectivity index (χ0n) is 17.6. The number of benzene rings is 2. The first-order valence-corrected chi connectivity index (χ1v) is 9.65. The number of phenols is 1. The van der Waals surface area contributed by atoms with E-state index in [2.05, 4.69) is 29.3 Å². The molecule has 0 aliphatic rings. The van der Waals surface area contributed by atoms with E-state index in [0.29, 0.717) is 22.6 Å². The van der Waals surface area contributed by atoms with Crippen LogP contribution in [0.5, 0.6) is 17.2 Å². The number of nitrogens with zero attached hydrogens (tertiary/aromatic N) is 2. The molecule has 0 spiro atoms. The second kappa shape index (κ2) is 10.4. The first-order valence-electron chi connectivity index (χ1n) is 9.65. The van der Waals surface area contributed by atoms with Gasteiger partial charge in [0.05, 0.1) is 19.4 Å². The Morgan fingerprint density at radius 1 is 1.17 bits per heavy atom. The summed E-state index contributed by atoms with van der Waals surface area (Å²) in [7, 11) is 1.52. The number of carbonyl (C=O) groups is 1. The fraction of sp³-hybridized carbons (Fsp3) is 0.364. The van der Waals surface area contributed by atoms with Crippen LogP contribution in [0.3, 0.4) is 0 Å². The van der Waals surface area contributed by atoms with E-state index < -0.39 is 5.91 Å². The Hall–Kier alpha value is -3.22. The van der Waals surface area contributed by atoms with Crippen LogP contribution in [-0.2, 0) is 0 Å². The fourth-order valence-electron chi connectivity index (χ4n) is 2.81. The molecule has 0 atom stereocenters. The van der Waals surface area contributed by atoms with E-state index in [4.69, 9.17) is 9.47 Å². The minimum absolute atomic E-state index is 0.00558. The molecule has 1 amide bonds. The van der Waals surface area contributed by atoms with Crippen LogP contribution < -0.4 is 19.8 Å². The Bertz CT molecular complexity index is 861. The third-order valence-corrected chi connectivity index (χ3v) is 4.30. The summed E-state index contributed by atoms with van der Waals surface area (Å²) < 4.78 is 10.9. The summed E-state index contributed by atoms with van der Waals surface area (Å²) in [4.78, 5) is 14.5. The Balaban J connectivity index is 2.07. The van der Waals surface area contributed by atoms with Crippen LogP contribution in [-0.4, -0.2) is 43.5 Å². The normalized spacial score (nSPS) is 11.0. The van der Waals surface area contributed by atoms with Crippen molar-refractivity contribution in [3.8, 4) is 17.2 Å². The van der Waals surface area contributed by atoms with Crippen molar-refractivity contribution < 1.29 is 19.4 Å². The van der Waals surface area contributed by atoms with E-state index in [1.54, 1.807) is 30.3 Å². The van der Waals surface area contributed by atoms with Crippen LogP contribution in [0.2, 0.25) is 0 Å². The molecule has 2 rings (SSSR count). The molecular weight excluding hydrogens is 370 g/mol. The van der Waals surface area contributed by atoms with Gasteiger partial charge >= 0.3 is 0 Å². The van der Waals surface area contributed by atoms with Crippen molar-refractivity contribution in [2.24, 2.45) is 5.10 Å². The lowest BCUT2D eigenvalue weighted by Crippen LogP contribution is -2.21. The SMILES string of the molecule is CCN(CC)c1ccc(/C=N/NC(=O)c2ccc(OC(C)C)c(OC)c2)c(O)c1. The molecule has 156 valence electrons. The summed E-state index contributed by atoms with van der Waals surface area (Å²) in [5.41, 5.74) is 4.29. The minimum atomic E-state index is -0.394. The molecule has 2 aromatic rings. The van der Waals surface area contributed by atoms with Gasteiger partial charge in [0.1, 0.15) is 5.75 Å². The number of rotatable bonds is 9. The van der Waals surface area contributed by atoms with Crippen LogP contribution >= 0.6 is 0 Å². The number of aromatic hydroxyl groups is 1. The standard InChI is InChI=1S/C22H29N3O4/c1-6-25(7-2)18-10-8-17(19(26)13-18)14-23-24-22(27)16-9-11-20(29-15(3)4)21(12-16)28-5/h8-15,26H,6-7H2,1-5H3,(H,24,27)/b23-14+. The van der Waals surface area contributed by atoms with Gasteiger partial charge in [0.15, 0.2) is 11.5 Å². The van der Waals surface area contributed by atoms with Crippen LogP contribution in [0, 0.1) is 0 Å². The summed E-state index contributed by atoms with van der Waals surface area (Å²) in [5.74, 6) is 0.750. The molecule has 0 aromatic heterocycles. The Morgan fingerprint density at radius 3 is 2.48 bits per heavy atom. The number of carbonyl (C=O) groups excluding carboxylic acids is 1. The molecule has 0 unspecified atom stereocenters. The van der Waals surface area contributed by atoms with E-state index in [1.807, 2.05) is 19.9 Å². The van der Waals surface area contributed by atoms with Gasteiger partial charge in [0.25, 0.3) is 5.91 Å². The van der Waals surface area contributed by atoms with Gasteiger partial charge in [-0.25, -0.2) is 5.43 Å². The predicted octanol–water partition coefficient (Wildman–Crippen LogP) is 3.80. The molecule has 0 heterocycles. The van der Waals surface area contributed by atoms with E-state index in [1.165, 1.54) is 13.3 Å². The largest absolute Gasteiger partial charge is 0.507 e.